The smallest absolute Gasteiger partial charge is 0.290 e. The summed E-state index contributed by atoms with van der Waals surface area (Å²) in [4.78, 5) is 30.9. The lowest BCUT2D eigenvalue weighted by Crippen LogP contribution is -2.48. The number of ether oxygens (including phenoxy) is 3. The zero-order chi connectivity index (χ0) is 23.9. The van der Waals surface area contributed by atoms with E-state index in [4.69, 9.17) is 18.6 Å². The van der Waals surface area contributed by atoms with Gasteiger partial charge in [0.25, 0.3) is 5.91 Å². The number of hydrogen-bond acceptors (Lipinski definition) is 7. The molecule has 9 heteroatoms. The van der Waals surface area contributed by atoms with Gasteiger partial charge >= 0.3 is 0 Å². The maximum Gasteiger partial charge on any atom is 0.290 e. The van der Waals surface area contributed by atoms with E-state index in [0.29, 0.717) is 24.7 Å². The predicted octanol–water partition coefficient (Wildman–Crippen LogP) is 3.64. The number of rotatable bonds is 10. The standard InChI is InChI=1S/C25H28N2O6S/c1-30-14-12-26(25(29)22-8-5-13-32-22)16-24(28)27-11-9-23-18(10-15-34-23)19(27)17-33-21-7-4-3-6-20(21)31-2/h3-8,10,13,15,19H,9,11-12,14,16-17H2,1-2H3/t19-/m1/s1. The Bertz CT molecular complexity index is 1100. The van der Waals surface area contributed by atoms with E-state index in [1.54, 1.807) is 42.6 Å². The molecular weight excluding hydrogens is 456 g/mol. The summed E-state index contributed by atoms with van der Waals surface area (Å²) in [7, 11) is 3.16. The number of thiophene rings is 1. The fourth-order valence-corrected chi connectivity index (χ4v) is 4.97. The third-order valence-corrected chi connectivity index (χ3v) is 6.79. The van der Waals surface area contributed by atoms with E-state index in [2.05, 4.69) is 0 Å². The Kier molecular flexibility index (Phi) is 7.87. The van der Waals surface area contributed by atoms with Crippen LogP contribution in [-0.4, -0.2) is 68.7 Å². The van der Waals surface area contributed by atoms with Crippen LogP contribution in [0.5, 0.6) is 11.5 Å². The van der Waals surface area contributed by atoms with Crippen molar-refractivity contribution in [3.8, 4) is 11.5 Å². The van der Waals surface area contributed by atoms with Gasteiger partial charge in [-0.2, -0.15) is 0 Å². The van der Waals surface area contributed by atoms with Gasteiger partial charge in [-0.3, -0.25) is 9.59 Å². The van der Waals surface area contributed by atoms with Crippen LogP contribution in [0.1, 0.15) is 27.0 Å². The normalized spacial score (nSPS) is 15.0. The van der Waals surface area contributed by atoms with Crippen molar-refractivity contribution in [1.82, 2.24) is 9.80 Å². The summed E-state index contributed by atoms with van der Waals surface area (Å²) in [5, 5.41) is 2.04. The molecule has 1 aromatic carbocycles. The average molecular weight is 485 g/mol. The molecule has 4 rings (SSSR count). The molecule has 3 aromatic rings. The van der Waals surface area contributed by atoms with Crippen molar-refractivity contribution >= 4 is 23.2 Å². The van der Waals surface area contributed by atoms with Crippen molar-refractivity contribution in [2.75, 3.05) is 47.1 Å². The van der Waals surface area contributed by atoms with Crippen LogP contribution in [0.2, 0.25) is 0 Å². The zero-order valence-corrected chi connectivity index (χ0v) is 20.1. The topological polar surface area (TPSA) is 81.5 Å². The number of amides is 2. The highest BCUT2D eigenvalue weighted by Gasteiger charge is 2.34. The molecule has 0 aliphatic carbocycles. The first-order valence-corrected chi connectivity index (χ1v) is 11.9. The molecule has 0 fully saturated rings. The average Bonchev–Trinajstić information content (AvgIpc) is 3.57. The first-order chi connectivity index (χ1) is 16.6. The Labute approximate surface area is 202 Å². The van der Waals surface area contributed by atoms with Crippen molar-refractivity contribution in [1.29, 1.82) is 0 Å². The van der Waals surface area contributed by atoms with E-state index < -0.39 is 0 Å². The molecular formula is C25H28N2O6S. The summed E-state index contributed by atoms with van der Waals surface area (Å²) < 4.78 is 21.9. The maximum atomic E-state index is 13.5. The maximum absolute atomic E-state index is 13.5. The van der Waals surface area contributed by atoms with Crippen molar-refractivity contribution < 1.29 is 28.2 Å². The van der Waals surface area contributed by atoms with Crippen LogP contribution in [-0.2, 0) is 16.0 Å². The van der Waals surface area contributed by atoms with E-state index in [0.717, 1.165) is 12.0 Å². The molecule has 180 valence electrons. The van der Waals surface area contributed by atoms with Crippen LogP contribution in [0.4, 0.5) is 0 Å². The van der Waals surface area contributed by atoms with Crippen molar-refractivity contribution in [3.63, 3.8) is 0 Å². The summed E-state index contributed by atoms with van der Waals surface area (Å²) in [5.74, 6) is 0.955. The van der Waals surface area contributed by atoms with Crippen LogP contribution in [0.15, 0.2) is 58.5 Å². The number of benzene rings is 1. The van der Waals surface area contributed by atoms with Crippen LogP contribution in [0.3, 0.4) is 0 Å². The lowest BCUT2D eigenvalue weighted by molar-refractivity contribution is -0.135. The second kappa shape index (κ2) is 11.2. The Hall–Kier alpha value is -3.30. The van der Waals surface area contributed by atoms with Gasteiger partial charge in [0.15, 0.2) is 17.3 Å². The molecule has 1 atom stereocenters. The first kappa shape index (κ1) is 23.8. The number of carbonyl (C=O) groups is 2. The quantitative estimate of drug-likeness (QED) is 0.437. The number of nitrogens with zero attached hydrogens (tertiary/aromatic N) is 2. The Morgan fingerprint density at radius 1 is 1.15 bits per heavy atom. The minimum Gasteiger partial charge on any atom is -0.493 e. The molecule has 0 N–H and O–H groups in total. The number of hydrogen-bond donors (Lipinski definition) is 0. The predicted molar refractivity (Wildman–Crippen MR) is 127 cm³/mol. The molecule has 1 aliphatic rings. The zero-order valence-electron chi connectivity index (χ0n) is 19.3. The Morgan fingerprint density at radius 3 is 2.71 bits per heavy atom. The first-order valence-electron chi connectivity index (χ1n) is 11.1. The van der Waals surface area contributed by atoms with E-state index in [1.165, 1.54) is 16.0 Å². The fraction of sp³-hybridized carbons (Fsp3) is 0.360. The summed E-state index contributed by atoms with van der Waals surface area (Å²) in [5.41, 5.74) is 1.08. The molecule has 0 spiro atoms. The summed E-state index contributed by atoms with van der Waals surface area (Å²) >= 11 is 1.69. The van der Waals surface area contributed by atoms with Gasteiger partial charge in [0.1, 0.15) is 13.2 Å². The summed E-state index contributed by atoms with van der Waals surface area (Å²) in [6.45, 7) is 1.35. The van der Waals surface area contributed by atoms with Gasteiger partial charge in [0.05, 0.1) is 26.0 Å². The van der Waals surface area contributed by atoms with Gasteiger partial charge in [0, 0.05) is 25.1 Å². The molecule has 0 unspecified atom stereocenters. The Morgan fingerprint density at radius 2 is 1.97 bits per heavy atom. The van der Waals surface area contributed by atoms with Gasteiger partial charge < -0.3 is 28.4 Å². The van der Waals surface area contributed by atoms with Crippen LogP contribution in [0, 0.1) is 0 Å². The molecule has 0 radical (unpaired) electrons. The highest BCUT2D eigenvalue weighted by molar-refractivity contribution is 7.10. The monoisotopic (exact) mass is 484 g/mol. The van der Waals surface area contributed by atoms with Crippen LogP contribution < -0.4 is 9.47 Å². The van der Waals surface area contributed by atoms with E-state index in [1.807, 2.05) is 35.7 Å². The lowest BCUT2D eigenvalue weighted by Gasteiger charge is -2.37. The van der Waals surface area contributed by atoms with Crippen LogP contribution in [0.25, 0.3) is 0 Å². The number of para-hydroxylation sites is 2. The Balaban J connectivity index is 1.52. The minimum absolute atomic E-state index is 0.0759. The second-order valence-electron chi connectivity index (χ2n) is 7.81. The molecule has 34 heavy (non-hydrogen) atoms. The lowest BCUT2D eigenvalue weighted by atomic mass is 10.0. The molecule has 0 saturated heterocycles. The van der Waals surface area contributed by atoms with Gasteiger partial charge in [-0.05, 0) is 47.7 Å². The van der Waals surface area contributed by atoms with E-state index in [9.17, 15) is 9.59 Å². The molecule has 8 nitrogen and oxygen atoms in total. The molecule has 1 aliphatic heterocycles. The molecule has 2 amide bonds. The fourth-order valence-electron chi connectivity index (χ4n) is 4.05. The number of furan rings is 1. The molecule has 0 bridgehead atoms. The van der Waals surface area contributed by atoms with E-state index in [-0.39, 0.29) is 43.3 Å². The van der Waals surface area contributed by atoms with E-state index >= 15 is 0 Å². The third-order valence-electron chi connectivity index (χ3n) is 5.79. The SMILES string of the molecule is COCCN(CC(=O)N1CCc2sccc2[C@H]1COc1ccccc1OC)C(=O)c1ccco1. The third kappa shape index (κ3) is 5.26. The summed E-state index contributed by atoms with van der Waals surface area (Å²) in [6.07, 6.45) is 2.21. The van der Waals surface area contributed by atoms with Gasteiger partial charge in [-0.1, -0.05) is 12.1 Å². The molecule has 3 heterocycles. The molecule has 0 saturated carbocycles. The number of methoxy groups -OCH3 is 2. The minimum atomic E-state index is -0.342. The van der Waals surface area contributed by atoms with Crippen molar-refractivity contribution in [2.45, 2.75) is 12.5 Å². The number of fused-ring (bicyclic) bond motifs is 1. The van der Waals surface area contributed by atoms with Gasteiger partial charge in [-0.25, -0.2) is 0 Å². The van der Waals surface area contributed by atoms with Gasteiger partial charge in [-0.15, -0.1) is 11.3 Å². The largest absolute Gasteiger partial charge is 0.493 e. The second-order valence-corrected chi connectivity index (χ2v) is 8.81. The highest BCUT2D eigenvalue weighted by atomic mass is 32.1. The summed E-state index contributed by atoms with van der Waals surface area (Å²) in [6, 6.07) is 12.5. The number of carbonyl (C=O) groups excluding carboxylic acids is 2. The molecule has 2 aromatic heterocycles. The van der Waals surface area contributed by atoms with Gasteiger partial charge in [0.2, 0.25) is 5.91 Å². The highest BCUT2D eigenvalue weighted by Crippen LogP contribution is 2.35. The van der Waals surface area contributed by atoms with Crippen molar-refractivity contribution in [2.24, 2.45) is 0 Å². The van der Waals surface area contributed by atoms with Crippen molar-refractivity contribution in [3.05, 3.63) is 70.3 Å². The van der Waals surface area contributed by atoms with Crippen LogP contribution >= 0.6 is 11.3 Å².